The summed E-state index contributed by atoms with van der Waals surface area (Å²) in [5.74, 6) is -0.245. The molecule has 0 amide bonds. The van der Waals surface area contributed by atoms with Crippen LogP contribution in [0.3, 0.4) is 0 Å². The molecule has 6 heteroatoms. The van der Waals surface area contributed by atoms with Gasteiger partial charge in [0.2, 0.25) is 0 Å². The third-order valence-electron chi connectivity index (χ3n) is 2.74. The molecular formula is C14H13F3N2O. The average molecular weight is 282 g/mol. The zero-order chi connectivity index (χ0) is 14.8. The molecule has 20 heavy (non-hydrogen) atoms. The molecule has 3 nitrogen and oxygen atoms in total. The molecule has 0 atom stereocenters. The van der Waals surface area contributed by atoms with Gasteiger partial charge in [-0.05, 0) is 35.4 Å². The van der Waals surface area contributed by atoms with Crippen molar-refractivity contribution in [2.75, 3.05) is 18.1 Å². The molecule has 0 aliphatic heterocycles. The number of hydrogen-bond donors (Lipinski definition) is 2. The Bertz CT molecular complexity index is 594. The summed E-state index contributed by atoms with van der Waals surface area (Å²) in [6.45, 7) is 0. The SMILES string of the molecule is CNc1cc(-c2ccc(OC(F)(F)F)cc2)ccc1N. The number of nitrogens with one attached hydrogen (secondary N) is 1. The highest BCUT2D eigenvalue weighted by atomic mass is 19.4. The lowest BCUT2D eigenvalue weighted by atomic mass is 10.0. The van der Waals surface area contributed by atoms with Gasteiger partial charge < -0.3 is 15.8 Å². The third-order valence-corrected chi connectivity index (χ3v) is 2.74. The second kappa shape index (κ2) is 5.32. The average Bonchev–Trinajstić information content (AvgIpc) is 2.38. The van der Waals surface area contributed by atoms with Gasteiger partial charge in [-0.3, -0.25) is 0 Å². The highest BCUT2D eigenvalue weighted by Gasteiger charge is 2.30. The van der Waals surface area contributed by atoms with E-state index in [9.17, 15) is 13.2 Å². The second-order valence-electron chi connectivity index (χ2n) is 4.12. The van der Waals surface area contributed by atoms with E-state index in [1.807, 2.05) is 6.07 Å². The Morgan fingerprint density at radius 3 is 2.15 bits per heavy atom. The largest absolute Gasteiger partial charge is 0.573 e. The number of nitrogen functional groups attached to an aromatic ring is 1. The van der Waals surface area contributed by atoms with Crippen LogP contribution in [0.25, 0.3) is 11.1 Å². The molecule has 106 valence electrons. The fourth-order valence-corrected chi connectivity index (χ4v) is 1.80. The molecule has 2 aromatic rings. The van der Waals surface area contributed by atoms with Gasteiger partial charge in [-0.1, -0.05) is 18.2 Å². The summed E-state index contributed by atoms with van der Waals surface area (Å²) in [5, 5.41) is 2.95. The third kappa shape index (κ3) is 3.34. The van der Waals surface area contributed by atoms with Crippen molar-refractivity contribution in [3.8, 4) is 16.9 Å². The fourth-order valence-electron chi connectivity index (χ4n) is 1.80. The molecule has 0 unspecified atom stereocenters. The summed E-state index contributed by atoms with van der Waals surface area (Å²) < 4.78 is 40.0. The summed E-state index contributed by atoms with van der Waals surface area (Å²) in [4.78, 5) is 0. The van der Waals surface area contributed by atoms with E-state index in [1.54, 1.807) is 31.3 Å². The zero-order valence-corrected chi connectivity index (χ0v) is 10.7. The first kappa shape index (κ1) is 14.0. The Labute approximate surface area is 114 Å². The first-order chi connectivity index (χ1) is 9.39. The van der Waals surface area contributed by atoms with Crippen LogP contribution in [0.4, 0.5) is 24.5 Å². The molecule has 0 saturated heterocycles. The molecule has 0 spiro atoms. The molecular weight excluding hydrogens is 269 g/mol. The number of ether oxygens (including phenoxy) is 1. The summed E-state index contributed by atoms with van der Waals surface area (Å²) in [6.07, 6.45) is -4.68. The van der Waals surface area contributed by atoms with Crippen molar-refractivity contribution in [2.24, 2.45) is 0 Å². The summed E-state index contributed by atoms with van der Waals surface area (Å²) in [6, 6.07) is 11.0. The van der Waals surface area contributed by atoms with Gasteiger partial charge in [-0.2, -0.15) is 0 Å². The van der Waals surface area contributed by atoms with E-state index >= 15 is 0 Å². The number of nitrogens with two attached hydrogens (primary N) is 1. The molecule has 0 radical (unpaired) electrons. The number of hydrogen-bond acceptors (Lipinski definition) is 3. The molecule has 0 bridgehead atoms. The van der Waals surface area contributed by atoms with E-state index in [1.165, 1.54) is 12.1 Å². The first-order valence-corrected chi connectivity index (χ1v) is 5.82. The van der Waals surface area contributed by atoms with Crippen molar-refractivity contribution >= 4 is 11.4 Å². The maximum atomic E-state index is 12.1. The van der Waals surface area contributed by atoms with Gasteiger partial charge in [-0.15, -0.1) is 13.2 Å². The van der Waals surface area contributed by atoms with Crippen molar-refractivity contribution in [1.82, 2.24) is 0 Å². The van der Waals surface area contributed by atoms with E-state index in [0.29, 0.717) is 5.69 Å². The van der Waals surface area contributed by atoms with Crippen molar-refractivity contribution in [3.05, 3.63) is 42.5 Å². The molecule has 0 aliphatic carbocycles. The van der Waals surface area contributed by atoms with Crippen LogP contribution in [0, 0.1) is 0 Å². The Morgan fingerprint density at radius 1 is 1.00 bits per heavy atom. The van der Waals surface area contributed by atoms with Crippen LogP contribution in [0.2, 0.25) is 0 Å². The van der Waals surface area contributed by atoms with Gasteiger partial charge in [0.15, 0.2) is 0 Å². The number of anilines is 2. The molecule has 0 heterocycles. The van der Waals surface area contributed by atoms with Crippen LogP contribution in [-0.2, 0) is 0 Å². The van der Waals surface area contributed by atoms with Crippen LogP contribution in [0.15, 0.2) is 42.5 Å². The quantitative estimate of drug-likeness (QED) is 0.840. The van der Waals surface area contributed by atoms with Gasteiger partial charge in [0.05, 0.1) is 11.4 Å². The second-order valence-corrected chi connectivity index (χ2v) is 4.12. The maximum Gasteiger partial charge on any atom is 0.573 e. The van der Waals surface area contributed by atoms with Gasteiger partial charge in [0.25, 0.3) is 0 Å². The fraction of sp³-hybridized carbons (Fsp3) is 0.143. The van der Waals surface area contributed by atoms with Crippen molar-refractivity contribution in [1.29, 1.82) is 0 Å². The van der Waals surface area contributed by atoms with E-state index in [-0.39, 0.29) is 5.75 Å². The van der Waals surface area contributed by atoms with E-state index in [2.05, 4.69) is 10.1 Å². The van der Waals surface area contributed by atoms with Crippen LogP contribution in [0.1, 0.15) is 0 Å². The normalized spacial score (nSPS) is 11.2. The Kier molecular flexibility index (Phi) is 3.74. The van der Waals surface area contributed by atoms with E-state index < -0.39 is 6.36 Å². The predicted molar refractivity (Wildman–Crippen MR) is 72.5 cm³/mol. The monoisotopic (exact) mass is 282 g/mol. The van der Waals surface area contributed by atoms with Crippen molar-refractivity contribution in [3.63, 3.8) is 0 Å². The molecule has 2 rings (SSSR count). The molecule has 0 saturated carbocycles. The maximum absolute atomic E-state index is 12.1. The lowest BCUT2D eigenvalue weighted by Gasteiger charge is -2.11. The highest BCUT2D eigenvalue weighted by molar-refractivity contribution is 5.76. The Balaban J connectivity index is 2.26. The standard InChI is InChI=1S/C14H13F3N2O/c1-19-13-8-10(4-7-12(13)18)9-2-5-11(6-3-9)20-14(15,16)17/h2-8,19H,18H2,1H3. The predicted octanol–water partition coefficient (Wildman–Crippen LogP) is 3.88. The Hall–Kier alpha value is -2.37. The minimum absolute atomic E-state index is 0.245. The molecule has 2 aromatic carbocycles. The smallest absolute Gasteiger partial charge is 0.406 e. The van der Waals surface area contributed by atoms with Gasteiger partial charge in [0, 0.05) is 7.05 Å². The van der Waals surface area contributed by atoms with Gasteiger partial charge in [-0.25, -0.2) is 0 Å². The summed E-state index contributed by atoms with van der Waals surface area (Å²) in [5.41, 5.74) is 8.75. The first-order valence-electron chi connectivity index (χ1n) is 5.82. The molecule has 3 N–H and O–H groups in total. The lowest BCUT2D eigenvalue weighted by molar-refractivity contribution is -0.274. The van der Waals surface area contributed by atoms with Crippen LogP contribution >= 0.6 is 0 Å². The van der Waals surface area contributed by atoms with Gasteiger partial charge >= 0.3 is 6.36 Å². The van der Waals surface area contributed by atoms with Crippen molar-refractivity contribution in [2.45, 2.75) is 6.36 Å². The number of benzene rings is 2. The van der Waals surface area contributed by atoms with E-state index in [4.69, 9.17) is 5.73 Å². The minimum atomic E-state index is -4.68. The molecule has 0 fully saturated rings. The van der Waals surface area contributed by atoms with Gasteiger partial charge in [0.1, 0.15) is 5.75 Å². The number of halogens is 3. The summed E-state index contributed by atoms with van der Waals surface area (Å²) >= 11 is 0. The topological polar surface area (TPSA) is 47.3 Å². The highest BCUT2D eigenvalue weighted by Crippen LogP contribution is 2.29. The van der Waals surface area contributed by atoms with Crippen LogP contribution in [-0.4, -0.2) is 13.4 Å². The van der Waals surface area contributed by atoms with Crippen molar-refractivity contribution < 1.29 is 17.9 Å². The minimum Gasteiger partial charge on any atom is -0.406 e. The Morgan fingerprint density at radius 2 is 1.60 bits per heavy atom. The lowest BCUT2D eigenvalue weighted by Crippen LogP contribution is -2.16. The zero-order valence-electron chi connectivity index (χ0n) is 10.7. The number of rotatable bonds is 3. The number of alkyl halides is 3. The van der Waals surface area contributed by atoms with Crippen LogP contribution < -0.4 is 15.8 Å². The summed E-state index contributed by atoms with van der Waals surface area (Å²) in [7, 11) is 1.75. The molecule has 0 aliphatic rings. The van der Waals surface area contributed by atoms with Crippen LogP contribution in [0.5, 0.6) is 5.75 Å². The molecule has 0 aromatic heterocycles. The van der Waals surface area contributed by atoms with E-state index in [0.717, 1.165) is 16.8 Å².